The van der Waals surface area contributed by atoms with Crippen LogP contribution in [-0.4, -0.2) is 70.5 Å². The number of likely N-dealkylation sites (tertiary alicyclic amines) is 1. The number of fused-ring (bicyclic) bond motifs is 2. The third-order valence-corrected chi connectivity index (χ3v) is 10.1. The third-order valence-electron chi connectivity index (χ3n) is 10.1. The standard InChI is InChI=1S/C35H33F6N3O5/c1-19-27(18-49-19)44-15-13-33(14-16-44,35(39,40)41)32(48)42-25(31(46)47)17-20-7-5-10-22-21(20)9-6-11-23(22)28-29(34(36,37)38)24-8-3-4-12-26(24)43(2)30(28)45/h3-12,19,25,27H,13-18H2,1-2H3,(H,42,48)(H,46,47)/t19?,25-,27?/m0/s1. The van der Waals surface area contributed by atoms with Gasteiger partial charge in [-0.3, -0.25) is 14.5 Å². The average Bonchev–Trinajstić information content (AvgIpc) is 3.04. The summed E-state index contributed by atoms with van der Waals surface area (Å²) in [7, 11) is 1.37. The number of alkyl halides is 6. The monoisotopic (exact) mass is 689 g/mol. The highest BCUT2D eigenvalue weighted by Gasteiger charge is 2.61. The third kappa shape index (κ3) is 5.94. The number of hydrogen-bond donors (Lipinski definition) is 2. The van der Waals surface area contributed by atoms with E-state index in [4.69, 9.17) is 4.74 Å². The van der Waals surface area contributed by atoms with Crippen LogP contribution in [0.4, 0.5) is 26.3 Å². The topological polar surface area (TPSA) is 101 Å². The van der Waals surface area contributed by atoms with E-state index in [1.54, 1.807) is 0 Å². The van der Waals surface area contributed by atoms with Gasteiger partial charge in [0, 0.05) is 18.9 Å². The molecule has 2 N–H and O–H groups in total. The zero-order valence-corrected chi connectivity index (χ0v) is 26.5. The molecule has 3 heterocycles. The van der Waals surface area contributed by atoms with Crippen LogP contribution in [0.3, 0.4) is 0 Å². The molecule has 14 heteroatoms. The van der Waals surface area contributed by atoms with Crippen molar-refractivity contribution in [2.24, 2.45) is 12.5 Å². The molecule has 0 saturated carbocycles. The number of aryl methyl sites for hydroxylation is 1. The summed E-state index contributed by atoms with van der Waals surface area (Å²) in [5, 5.41) is 12.5. The molecule has 1 aromatic heterocycles. The van der Waals surface area contributed by atoms with Crippen LogP contribution in [0, 0.1) is 5.41 Å². The van der Waals surface area contributed by atoms with Crippen molar-refractivity contribution < 1.29 is 45.8 Å². The Morgan fingerprint density at radius 2 is 1.59 bits per heavy atom. The van der Waals surface area contributed by atoms with E-state index in [9.17, 15) is 45.8 Å². The molecule has 0 radical (unpaired) electrons. The molecular formula is C35H33F6N3O5. The fraction of sp³-hybridized carbons (Fsp3) is 0.400. The Kier molecular flexibility index (Phi) is 8.76. The minimum Gasteiger partial charge on any atom is -0.480 e. The minimum absolute atomic E-state index is 0.0245. The number of carboxylic acids is 1. The maximum absolute atomic E-state index is 14.7. The second kappa shape index (κ2) is 12.5. The lowest BCUT2D eigenvalue weighted by Gasteiger charge is -2.48. The molecule has 2 aliphatic rings. The number of ether oxygens (including phenoxy) is 1. The van der Waals surface area contributed by atoms with Gasteiger partial charge in [-0.2, -0.15) is 26.3 Å². The molecule has 6 rings (SSSR count). The highest BCUT2D eigenvalue weighted by Crippen LogP contribution is 2.48. The fourth-order valence-electron chi connectivity index (χ4n) is 7.18. The van der Waals surface area contributed by atoms with Crippen LogP contribution in [0.15, 0.2) is 65.5 Å². The van der Waals surface area contributed by atoms with Crippen molar-refractivity contribution in [1.29, 1.82) is 0 Å². The molecule has 3 aromatic carbocycles. The second-order valence-corrected chi connectivity index (χ2v) is 12.7. The number of carbonyl (C=O) groups is 2. The molecule has 2 unspecified atom stereocenters. The number of pyridine rings is 1. The molecular weight excluding hydrogens is 656 g/mol. The normalized spacial score (nSPS) is 20.6. The van der Waals surface area contributed by atoms with Crippen LogP contribution in [0.1, 0.15) is 30.9 Å². The number of benzene rings is 3. The summed E-state index contributed by atoms with van der Waals surface area (Å²) in [5.74, 6) is -3.03. The number of para-hydroxylation sites is 1. The first-order valence-electron chi connectivity index (χ1n) is 15.7. The van der Waals surface area contributed by atoms with Gasteiger partial charge in [0.1, 0.15) is 11.5 Å². The van der Waals surface area contributed by atoms with E-state index in [1.807, 2.05) is 11.8 Å². The van der Waals surface area contributed by atoms with Crippen LogP contribution in [-0.2, 0) is 34.0 Å². The largest absolute Gasteiger partial charge is 0.480 e. The summed E-state index contributed by atoms with van der Waals surface area (Å²) in [5.41, 5.74) is -5.15. The predicted octanol–water partition coefficient (Wildman–Crippen LogP) is 5.92. The van der Waals surface area contributed by atoms with Crippen LogP contribution >= 0.6 is 0 Å². The van der Waals surface area contributed by atoms with Gasteiger partial charge in [-0.05, 0) is 60.8 Å². The van der Waals surface area contributed by atoms with Gasteiger partial charge in [0.05, 0.1) is 35.4 Å². The molecule has 2 fully saturated rings. The first-order chi connectivity index (χ1) is 23.0. The first kappa shape index (κ1) is 34.4. The van der Waals surface area contributed by atoms with Gasteiger partial charge in [0.15, 0.2) is 0 Å². The lowest BCUT2D eigenvalue weighted by molar-refractivity contribution is -0.238. The van der Waals surface area contributed by atoms with E-state index in [-0.39, 0.29) is 58.0 Å². The number of piperidine rings is 1. The van der Waals surface area contributed by atoms with Crippen LogP contribution in [0.25, 0.3) is 32.8 Å². The number of aliphatic carboxylic acids is 1. The van der Waals surface area contributed by atoms with Gasteiger partial charge in [-0.1, -0.05) is 54.6 Å². The Balaban J connectivity index is 1.36. The Labute approximate surface area is 276 Å². The fourth-order valence-corrected chi connectivity index (χ4v) is 7.18. The highest BCUT2D eigenvalue weighted by molar-refractivity contribution is 6.02. The Morgan fingerprint density at radius 3 is 2.18 bits per heavy atom. The van der Waals surface area contributed by atoms with Crippen molar-refractivity contribution in [1.82, 2.24) is 14.8 Å². The van der Waals surface area contributed by atoms with Crippen molar-refractivity contribution in [2.75, 3.05) is 19.7 Å². The number of hydrogen-bond acceptors (Lipinski definition) is 5. The maximum Gasteiger partial charge on any atom is 0.417 e. The van der Waals surface area contributed by atoms with Crippen molar-refractivity contribution in [3.8, 4) is 11.1 Å². The molecule has 3 atom stereocenters. The van der Waals surface area contributed by atoms with Gasteiger partial charge >= 0.3 is 18.3 Å². The summed E-state index contributed by atoms with van der Waals surface area (Å²) in [6.07, 6.45) is -11.6. The van der Waals surface area contributed by atoms with Crippen molar-refractivity contribution in [3.05, 3.63) is 82.1 Å². The van der Waals surface area contributed by atoms with Crippen molar-refractivity contribution in [3.63, 3.8) is 0 Å². The number of nitrogens with one attached hydrogen (secondary N) is 1. The van der Waals surface area contributed by atoms with Gasteiger partial charge in [0.25, 0.3) is 5.56 Å². The van der Waals surface area contributed by atoms with Crippen LogP contribution < -0.4 is 10.9 Å². The van der Waals surface area contributed by atoms with E-state index >= 15 is 0 Å². The molecule has 2 aliphatic heterocycles. The van der Waals surface area contributed by atoms with Gasteiger partial charge in [-0.25, -0.2) is 4.79 Å². The number of aromatic nitrogens is 1. The summed E-state index contributed by atoms with van der Waals surface area (Å²) in [6.45, 7) is 2.15. The van der Waals surface area contributed by atoms with E-state index in [0.717, 1.165) is 4.57 Å². The number of nitrogens with zero attached hydrogens (tertiary/aromatic N) is 2. The highest BCUT2D eigenvalue weighted by atomic mass is 19.4. The van der Waals surface area contributed by atoms with E-state index in [1.165, 1.54) is 67.7 Å². The quantitative estimate of drug-likeness (QED) is 0.234. The predicted molar refractivity (Wildman–Crippen MR) is 169 cm³/mol. The second-order valence-electron chi connectivity index (χ2n) is 12.7. The molecule has 49 heavy (non-hydrogen) atoms. The first-order valence-corrected chi connectivity index (χ1v) is 15.7. The van der Waals surface area contributed by atoms with Crippen LogP contribution in [0.2, 0.25) is 0 Å². The summed E-state index contributed by atoms with van der Waals surface area (Å²) < 4.78 is 94.1. The summed E-state index contributed by atoms with van der Waals surface area (Å²) in [4.78, 5) is 41.2. The van der Waals surface area contributed by atoms with Gasteiger partial charge in [-0.15, -0.1) is 0 Å². The molecule has 4 aromatic rings. The maximum atomic E-state index is 14.7. The molecule has 1 amide bonds. The molecule has 8 nitrogen and oxygen atoms in total. The zero-order chi connectivity index (χ0) is 35.5. The molecule has 0 aliphatic carbocycles. The summed E-state index contributed by atoms with van der Waals surface area (Å²) >= 11 is 0. The van der Waals surface area contributed by atoms with E-state index in [0.29, 0.717) is 6.61 Å². The molecule has 260 valence electrons. The SMILES string of the molecule is CC1OCC1N1CCC(C(=O)N[C@@H](Cc2cccc3c(-c4c(C(F)(F)F)c5ccccc5n(C)c4=O)cccc23)C(=O)O)(C(F)(F)F)CC1. The molecule has 2 saturated heterocycles. The van der Waals surface area contributed by atoms with E-state index in [2.05, 4.69) is 5.32 Å². The Hall–Kier alpha value is -4.43. The average molecular weight is 690 g/mol. The minimum atomic E-state index is -4.95. The smallest absolute Gasteiger partial charge is 0.417 e. The molecule has 0 bridgehead atoms. The molecule has 0 spiro atoms. The van der Waals surface area contributed by atoms with E-state index < -0.39 is 71.6 Å². The Bertz CT molecular complexity index is 2000. The van der Waals surface area contributed by atoms with Crippen molar-refractivity contribution >= 4 is 33.6 Å². The Morgan fingerprint density at radius 1 is 0.959 bits per heavy atom. The van der Waals surface area contributed by atoms with Crippen LogP contribution in [0.5, 0.6) is 0 Å². The van der Waals surface area contributed by atoms with Crippen molar-refractivity contribution in [2.45, 2.75) is 56.7 Å². The number of amides is 1. The number of carboxylic acid groups (broad SMARTS) is 1. The summed E-state index contributed by atoms with van der Waals surface area (Å²) in [6, 6.07) is 12.5. The lowest BCUT2D eigenvalue weighted by Crippen LogP contribution is -2.63. The van der Waals surface area contributed by atoms with Gasteiger partial charge < -0.3 is 19.7 Å². The number of rotatable bonds is 7. The number of halogens is 6. The van der Waals surface area contributed by atoms with Gasteiger partial charge in [0.2, 0.25) is 5.91 Å². The lowest BCUT2D eigenvalue weighted by atomic mass is 9.75. The number of carbonyl (C=O) groups excluding carboxylic acids is 1. The zero-order valence-electron chi connectivity index (χ0n) is 26.5.